The molecule has 3 heteroatoms. The molecule has 2 unspecified atom stereocenters. The average molecular weight is 413 g/mol. The molecule has 0 aromatic heterocycles. The van der Waals surface area contributed by atoms with E-state index in [4.69, 9.17) is 0 Å². The van der Waals surface area contributed by atoms with Crippen molar-refractivity contribution in [3.05, 3.63) is 107 Å². The molecule has 0 spiro atoms. The molecule has 1 heterocycles. The van der Waals surface area contributed by atoms with Crippen molar-refractivity contribution in [3.8, 4) is 0 Å². The van der Waals surface area contributed by atoms with Gasteiger partial charge in [-0.25, -0.2) is 0 Å². The molecule has 3 aromatic carbocycles. The van der Waals surface area contributed by atoms with Crippen LogP contribution < -0.4 is 5.32 Å². The Kier molecular flexibility index (Phi) is 7.16. The zero-order valence-corrected chi connectivity index (χ0v) is 18.3. The van der Waals surface area contributed by atoms with E-state index in [-0.39, 0.29) is 11.8 Å². The van der Waals surface area contributed by atoms with Crippen molar-refractivity contribution < 1.29 is 4.79 Å². The number of carbonyl (C=O) groups is 1. The van der Waals surface area contributed by atoms with Gasteiger partial charge in [0.25, 0.3) is 0 Å². The summed E-state index contributed by atoms with van der Waals surface area (Å²) in [6, 6.07) is 30.1. The third kappa shape index (κ3) is 5.62. The van der Waals surface area contributed by atoms with Crippen LogP contribution in [-0.2, 0) is 24.3 Å². The molecule has 0 saturated carbocycles. The first-order valence-corrected chi connectivity index (χ1v) is 11.4. The summed E-state index contributed by atoms with van der Waals surface area (Å²) >= 11 is 0. The summed E-state index contributed by atoms with van der Waals surface area (Å²) in [4.78, 5) is 15.5. The quantitative estimate of drug-likeness (QED) is 0.554. The van der Waals surface area contributed by atoms with E-state index in [2.05, 4.69) is 83.9 Å². The maximum Gasteiger partial charge on any atom is 0.224 e. The summed E-state index contributed by atoms with van der Waals surface area (Å²) in [5, 5.41) is 3.16. The molecule has 160 valence electrons. The average Bonchev–Trinajstić information content (AvgIpc) is 2.84. The van der Waals surface area contributed by atoms with Crippen LogP contribution in [0.15, 0.2) is 84.9 Å². The highest BCUT2D eigenvalue weighted by Gasteiger charge is 2.32. The van der Waals surface area contributed by atoms with Crippen LogP contribution in [0.5, 0.6) is 0 Å². The number of piperidine rings is 1. The molecule has 0 radical (unpaired) electrons. The molecule has 3 aromatic rings. The highest BCUT2D eigenvalue weighted by Crippen LogP contribution is 2.35. The van der Waals surface area contributed by atoms with Gasteiger partial charge in [0.1, 0.15) is 0 Å². The number of benzene rings is 3. The molecular formula is C28H32N2O. The molecule has 1 saturated heterocycles. The fraction of sp³-hybridized carbons (Fsp3) is 0.321. The Bertz CT molecular complexity index is 953. The van der Waals surface area contributed by atoms with Crippen molar-refractivity contribution in [1.82, 2.24) is 10.2 Å². The second-order valence-electron chi connectivity index (χ2n) is 8.50. The van der Waals surface area contributed by atoms with Crippen LogP contribution in [0.2, 0.25) is 0 Å². The van der Waals surface area contributed by atoms with E-state index in [1.807, 2.05) is 18.2 Å². The third-order valence-electron chi connectivity index (χ3n) is 6.37. The summed E-state index contributed by atoms with van der Waals surface area (Å²) in [6.07, 6.45) is 2.98. The van der Waals surface area contributed by atoms with Gasteiger partial charge in [0, 0.05) is 25.7 Å². The second kappa shape index (κ2) is 10.4. The van der Waals surface area contributed by atoms with Crippen LogP contribution >= 0.6 is 0 Å². The minimum atomic E-state index is 0.0265. The lowest BCUT2D eigenvalue weighted by atomic mass is 9.87. The number of carbonyl (C=O) groups excluding carboxylic acids is 1. The summed E-state index contributed by atoms with van der Waals surface area (Å²) in [5.74, 6) is 0.195. The first-order valence-electron chi connectivity index (χ1n) is 11.4. The summed E-state index contributed by atoms with van der Waals surface area (Å²) in [6.45, 7) is 4.44. The van der Waals surface area contributed by atoms with E-state index in [9.17, 15) is 4.79 Å². The number of rotatable bonds is 7. The maximum absolute atomic E-state index is 13.0. The molecule has 0 aliphatic carbocycles. The van der Waals surface area contributed by atoms with Crippen LogP contribution in [-0.4, -0.2) is 17.4 Å². The van der Waals surface area contributed by atoms with E-state index in [0.29, 0.717) is 12.6 Å². The van der Waals surface area contributed by atoms with E-state index in [0.717, 1.165) is 37.9 Å². The number of amides is 1. The van der Waals surface area contributed by atoms with Crippen molar-refractivity contribution in [3.63, 3.8) is 0 Å². The number of nitrogens with one attached hydrogen (secondary N) is 1. The molecule has 1 amide bonds. The van der Waals surface area contributed by atoms with Crippen LogP contribution in [0.4, 0.5) is 0 Å². The number of nitrogens with zero attached hydrogens (tertiary/aromatic N) is 1. The number of hydrogen-bond donors (Lipinski definition) is 1. The van der Waals surface area contributed by atoms with Crippen LogP contribution in [0.1, 0.15) is 48.1 Å². The van der Waals surface area contributed by atoms with E-state index < -0.39 is 0 Å². The standard InChI is InChI=1S/C28H32N2O/c1-2-22-13-15-25(16-14-22)27-18-17-26(21-30(27)20-24-11-7-4-8-12-24)28(31)29-19-23-9-5-3-6-10-23/h3-16,26-27H,2,17-21H2,1H3,(H,29,31). The first-order chi connectivity index (χ1) is 15.2. The van der Waals surface area contributed by atoms with Gasteiger partial charge in [-0.05, 0) is 41.5 Å². The van der Waals surface area contributed by atoms with Crippen molar-refractivity contribution in [2.45, 2.75) is 45.3 Å². The van der Waals surface area contributed by atoms with Gasteiger partial charge in [-0.2, -0.15) is 0 Å². The molecule has 0 bridgehead atoms. The van der Waals surface area contributed by atoms with Crippen molar-refractivity contribution in [1.29, 1.82) is 0 Å². The molecule has 31 heavy (non-hydrogen) atoms. The summed E-state index contributed by atoms with van der Waals surface area (Å²) in [7, 11) is 0. The molecule has 1 fully saturated rings. The van der Waals surface area contributed by atoms with E-state index in [1.54, 1.807) is 0 Å². The molecule has 1 aliphatic rings. The monoisotopic (exact) mass is 412 g/mol. The van der Waals surface area contributed by atoms with Gasteiger partial charge in [-0.15, -0.1) is 0 Å². The van der Waals surface area contributed by atoms with Gasteiger partial charge in [0.2, 0.25) is 5.91 Å². The normalized spacial score (nSPS) is 19.1. The van der Waals surface area contributed by atoms with Crippen LogP contribution in [0.3, 0.4) is 0 Å². The lowest BCUT2D eigenvalue weighted by Gasteiger charge is -2.39. The van der Waals surface area contributed by atoms with E-state index >= 15 is 0 Å². The lowest BCUT2D eigenvalue weighted by Crippen LogP contribution is -2.44. The number of hydrogen-bond acceptors (Lipinski definition) is 2. The molecule has 3 nitrogen and oxygen atoms in total. The van der Waals surface area contributed by atoms with Crippen molar-refractivity contribution >= 4 is 5.91 Å². The Morgan fingerprint density at radius 3 is 2.13 bits per heavy atom. The molecule has 1 aliphatic heterocycles. The van der Waals surface area contributed by atoms with Crippen LogP contribution in [0.25, 0.3) is 0 Å². The Hall–Kier alpha value is -2.91. The minimum Gasteiger partial charge on any atom is -0.352 e. The Morgan fingerprint density at radius 1 is 0.839 bits per heavy atom. The predicted molar refractivity (Wildman–Crippen MR) is 126 cm³/mol. The maximum atomic E-state index is 13.0. The first kappa shape index (κ1) is 21.3. The Labute approximate surface area is 186 Å². The van der Waals surface area contributed by atoms with Gasteiger partial charge in [0.15, 0.2) is 0 Å². The zero-order chi connectivity index (χ0) is 21.5. The fourth-order valence-corrected chi connectivity index (χ4v) is 4.53. The predicted octanol–water partition coefficient (Wildman–Crippen LogP) is 5.52. The van der Waals surface area contributed by atoms with Crippen LogP contribution in [0, 0.1) is 5.92 Å². The molecule has 4 rings (SSSR count). The number of likely N-dealkylation sites (tertiary alicyclic amines) is 1. The van der Waals surface area contributed by atoms with Gasteiger partial charge in [0.05, 0.1) is 5.92 Å². The number of aryl methyl sites for hydroxylation is 1. The van der Waals surface area contributed by atoms with Crippen molar-refractivity contribution in [2.75, 3.05) is 6.54 Å². The Balaban J connectivity index is 1.47. The van der Waals surface area contributed by atoms with Gasteiger partial charge < -0.3 is 5.32 Å². The highest BCUT2D eigenvalue weighted by atomic mass is 16.1. The van der Waals surface area contributed by atoms with E-state index in [1.165, 1.54) is 16.7 Å². The van der Waals surface area contributed by atoms with Crippen molar-refractivity contribution in [2.24, 2.45) is 5.92 Å². The smallest absolute Gasteiger partial charge is 0.224 e. The minimum absolute atomic E-state index is 0.0265. The second-order valence-corrected chi connectivity index (χ2v) is 8.50. The summed E-state index contributed by atoms with van der Waals surface area (Å²) in [5.41, 5.74) is 5.16. The molecular weight excluding hydrogens is 380 g/mol. The SMILES string of the molecule is CCc1ccc(C2CCC(C(=O)NCc3ccccc3)CN2Cc2ccccc2)cc1. The third-order valence-corrected chi connectivity index (χ3v) is 6.37. The lowest BCUT2D eigenvalue weighted by molar-refractivity contribution is -0.127. The molecule has 2 atom stereocenters. The zero-order valence-electron chi connectivity index (χ0n) is 18.3. The van der Waals surface area contributed by atoms with Gasteiger partial charge >= 0.3 is 0 Å². The topological polar surface area (TPSA) is 32.3 Å². The molecule has 1 N–H and O–H groups in total. The Morgan fingerprint density at radius 2 is 1.48 bits per heavy atom. The van der Waals surface area contributed by atoms with Gasteiger partial charge in [-0.1, -0.05) is 91.9 Å². The van der Waals surface area contributed by atoms with Gasteiger partial charge in [-0.3, -0.25) is 9.69 Å². The largest absolute Gasteiger partial charge is 0.352 e. The highest BCUT2D eigenvalue weighted by molar-refractivity contribution is 5.79. The summed E-state index contributed by atoms with van der Waals surface area (Å²) < 4.78 is 0. The fourth-order valence-electron chi connectivity index (χ4n) is 4.53.